The maximum atomic E-state index is 13.8. The monoisotopic (exact) mass is 360 g/mol. The van der Waals surface area contributed by atoms with Crippen molar-refractivity contribution in [2.75, 3.05) is 14.1 Å². The lowest BCUT2D eigenvalue weighted by Crippen LogP contribution is -2.24. The molecule has 0 atom stereocenters. The second kappa shape index (κ2) is 8.44. The number of hydrogen-bond donors (Lipinski definition) is 1. The number of nitrogens with zero attached hydrogens (tertiary/aromatic N) is 1. The second-order valence-electron chi connectivity index (χ2n) is 5.43. The van der Waals surface area contributed by atoms with Gasteiger partial charge in [-0.2, -0.15) is 0 Å². The first kappa shape index (κ1) is 18.7. The quantitative estimate of drug-likeness (QED) is 0.829. The van der Waals surface area contributed by atoms with Gasteiger partial charge in [0.25, 0.3) is 5.91 Å². The maximum Gasteiger partial charge on any atom is 0.251 e. The first-order valence-electron chi connectivity index (χ1n) is 7.60. The van der Waals surface area contributed by atoms with Crippen molar-refractivity contribution in [2.45, 2.75) is 6.54 Å². The molecular weight excluding hydrogens is 343 g/mol. The molecule has 25 heavy (non-hydrogen) atoms. The molecule has 2 aromatic carbocycles. The molecule has 0 heterocycles. The van der Waals surface area contributed by atoms with E-state index in [4.69, 9.17) is 11.6 Å². The van der Waals surface area contributed by atoms with Gasteiger partial charge in [0.2, 0.25) is 5.91 Å². The van der Waals surface area contributed by atoms with E-state index in [1.807, 2.05) is 0 Å². The largest absolute Gasteiger partial charge is 0.355 e. The first-order valence-corrected chi connectivity index (χ1v) is 7.98. The topological polar surface area (TPSA) is 49.4 Å². The average Bonchev–Trinajstić information content (AvgIpc) is 2.62. The van der Waals surface area contributed by atoms with Crippen LogP contribution in [0, 0.1) is 5.82 Å². The van der Waals surface area contributed by atoms with Crippen LogP contribution in [0.4, 0.5) is 4.39 Å². The minimum atomic E-state index is -0.444. The third-order valence-corrected chi connectivity index (χ3v) is 4.01. The molecule has 0 aliphatic heterocycles. The number of amides is 2. The standard InChI is InChI=1S/C19H18ClFN2O2/c1-22-19(25)14-9-6-13(7-10-14)8-11-18(24)23(2)12-15-16(20)4-3-5-17(15)21/h3-11H,12H2,1-2H3,(H,22,25)/b11-8+. The normalized spacial score (nSPS) is 10.7. The number of carbonyl (C=O) groups is 2. The highest BCUT2D eigenvalue weighted by molar-refractivity contribution is 6.31. The van der Waals surface area contributed by atoms with Crippen LogP contribution in [-0.4, -0.2) is 30.8 Å². The van der Waals surface area contributed by atoms with Crippen molar-refractivity contribution in [2.24, 2.45) is 0 Å². The Morgan fingerprint density at radius 3 is 2.48 bits per heavy atom. The molecule has 0 saturated heterocycles. The van der Waals surface area contributed by atoms with Crippen molar-refractivity contribution in [1.29, 1.82) is 0 Å². The van der Waals surface area contributed by atoms with E-state index in [1.165, 1.54) is 23.1 Å². The van der Waals surface area contributed by atoms with Crippen molar-refractivity contribution in [3.05, 3.63) is 76.1 Å². The average molecular weight is 361 g/mol. The number of carbonyl (C=O) groups excluding carboxylic acids is 2. The van der Waals surface area contributed by atoms with Gasteiger partial charge in [-0.3, -0.25) is 9.59 Å². The third kappa shape index (κ3) is 4.90. The number of rotatable bonds is 5. The van der Waals surface area contributed by atoms with Crippen LogP contribution in [0.3, 0.4) is 0 Å². The highest BCUT2D eigenvalue weighted by atomic mass is 35.5. The number of benzene rings is 2. The lowest BCUT2D eigenvalue weighted by Gasteiger charge is -2.16. The van der Waals surface area contributed by atoms with Gasteiger partial charge in [0, 0.05) is 42.9 Å². The summed E-state index contributed by atoms with van der Waals surface area (Å²) in [5, 5.41) is 2.82. The van der Waals surface area contributed by atoms with Gasteiger partial charge in [-0.1, -0.05) is 29.8 Å². The molecule has 130 valence electrons. The minimum absolute atomic E-state index is 0.0737. The molecule has 0 bridgehead atoms. The molecule has 2 rings (SSSR count). The summed E-state index contributed by atoms with van der Waals surface area (Å²) in [6.07, 6.45) is 3.03. The van der Waals surface area contributed by atoms with E-state index in [-0.39, 0.29) is 28.9 Å². The lowest BCUT2D eigenvalue weighted by molar-refractivity contribution is -0.125. The number of hydrogen-bond acceptors (Lipinski definition) is 2. The van der Waals surface area contributed by atoms with Gasteiger partial charge in [-0.15, -0.1) is 0 Å². The van der Waals surface area contributed by atoms with Crippen LogP contribution in [0.5, 0.6) is 0 Å². The number of likely N-dealkylation sites (N-methyl/N-ethyl adjacent to an activating group) is 1. The van der Waals surface area contributed by atoms with Crippen LogP contribution in [0.2, 0.25) is 5.02 Å². The molecular formula is C19H18ClFN2O2. The van der Waals surface area contributed by atoms with Crippen molar-refractivity contribution < 1.29 is 14.0 Å². The van der Waals surface area contributed by atoms with Crippen LogP contribution in [-0.2, 0) is 11.3 Å². The second-order valence-corrected chi connectivity index (χ2v) is 5.84. The molecule has 0 aliphatic carbocycles. The van der Waals surface area contributed by atoms with Gasteiger partial charge in [0.1, 0.15) is 5.82 Å². The Kier molecular flexibility index (Phi) is 6.31. The Morgan fingerprint density at radius 2 is 1.88 bits per heavy atom. The maximum absolute atomic E-state index is 13.8. The summed E-state index contributed by atoms with van der Waals surface area (Å²) >= 11 is 5.97. The van der Waals surface area contributed by atoms with Crippen molar-refractivity contribution in [3.8, 4) is 0 Å². The summed E-state index contributed by atoms with van der Waals surface area (Å²) in [5.74, 6) is -0.899. The fraction of sp³-hybridized carbons (Fsp3) is 0.158. The molecule has 0 fully saturated rings. The number of halogens is 2. The third-order valence-electron chi connectivity index (χ3n) is 3.65. The van der Waals surface area contributed by atoms with Gasteiger partial charge in [0.05, 0.1) is 0 Å². The fourth-order valence-corrected chi connectivity index (χ4v) is 2.41. The Labute approximate surface area is 150 Å². The number of nitrogens with one attached hydrogen (secondary N) is 1. The van der Waals surface area contributed by atoms with Gasteiger partial charge >= 0.3 is 0 Å². The summed E-state index contributed by atoms with van der Waals surface area (Å²) in [6, 6.07) is 11.2. The van der Waals surface area contributed by atoms with Gasteiger partial charge < -0.3 is 10.2 Å². The van der Waals surface area contributed by atoms with Crippen molar-refractivity contribution in [1.82, 2.24) is 10.2 Å². The zero-order valence-corrected chi connectivity index (χ0v) is 14.7. The van der Waals surface area contributed by atoms with Crippen molar-refractivity contribution >= 4 is 29.5 Å². The van der Waals surface area contributed by atoms with Gasteiger partial charge in [-0.05, 0) is 35.9 Å². The molecule has 0 spiro atoms. The van der Waals surface area contributed by atoms with Crippen LogP contribution >= 0.6 is 11.6 Å². The molecule has 0 aromatic heterocycles. The van der Waals surface area contributed by atoms with Crippen LogP contribution in [0.25, 0.3) is 6.08 Å². The fourth-order valence-electron chi connectivity index (χ4n) is 2.18. The lowest BCUT2D eigenvalue weighted by atomic mass is 10.1. The summed E-state index contributed by atoms with van der Waals surface area (Å²) < 4.78 is 13.8. The Morgan fingerprint density at radius 1 is 1.20 bits per heavy atom. The zero-order chi connectivity index (χ0) is 18.4. The highest BCUT2D eigenvalue weighted by Gasteiger charge is 2.12. The van der Waals surface area contributed by atoms with E-state index in [2.05, 4.69) is 5.32 Å². The van der Waals surface area contributed by atoms with Crippen molar-refractivity contribution in [3.63, 3.8) is 0 Å². The van der Waals surface area contributed by atoms with Gasteiger partial charge in [-0.25, -0.2) is 4.39 Å². The molecule has 6 heteroatoms. The van der Waals surface area contributed by atoms with E-state index in [1.54, 1.807) is 50.5 Å². The molecule has 4 nitrogen and oxygen atoms in total. The van der Waals surface area contributed by atoms with Gasteiger partial charge in [0.15, 0.2) is 0 Å². The Hall–Kier alpha value is -2.66. The predicted molar refractivity (Wildman–Crippen MR) is 96.8 cm³/mol. The van der Waals surface area contributed by atoms with E-state index in [9.17, 15) is 14.0 Å². The molecule has 2 amide bonds. The zero-order valence-electron chi connectivity index (χ0n) is 13.9. The SMILES string of the molecule is CNC(=O)c1ccc(/C=C/C(=O)N(C)Cc2c(F)cccc2Cl)cc1. The van der Waals surface area contributed by atoms with E-state index in [0.29, 0.717) is 5.56 Å². The molecule has 0 radical (unpaired) electrons. The van der Waals surface area contributed by atoms with Crippen LogP contribution in [0.15, 0.2) is 48.5 Å². The smallest absolute Gasteiger partial charge is 0.251 e. The summed E-state index contributed by atoms with van der Waals surface area (Å²) in [7, 11) is 3.14. The molecule has 2 aromatic rings. The predicted octanol–water partition coefficient (Wildman–Crippen LogP) is 3.51. The van der Waals surface area contributed by atoms with Crippen LogP contribution in [0.1, 0.15) is 21.5 Å². The molecule has 0 aliphatic rings. The molecule has 0 unspecified atom stereocenters. The van der Waals surface area contributed by atoms with E-state index < -0.39 is 5.82 Å². The summed E-state index contributed by atoms with van der Waals surface area (Å²) in [5.41, 5.74) is 1.60. The first-order chi connectivity index (χ1) is 11.9. The van der Waals surface area contributed by atoms with E-state index >= 15 is 0 Å². The van der Waals surface area contributed by atoms with Crippen LogP contribution < -0.4 is 5.32 Å². The van der Waals surface area contributed by atoms with E-state index in [0.717, 1.165) is 5.56 Å². The molecule has 1 N–H and O–H groups in total. The Balaban J connectivity index is 2.03. The Bertz CT molecular complexity index is 783. The summed E-state index contributed by atoms with van der Waals surface area (Å²) in [6.45, 7) is 0.0737. The molecule has 0 saturated carbocycles. The highest BCUT2D eigenvalue weighted by Crippen LogP contribution is 2.20. The summed E-state index contributed by atoms with van der Waals surface area (Å²) in [4.78, 5) is 25.0. The minimum Gasteiger partial charge on any atom is -0.355 e.